The van der Waals surface area contributed by atoms with Crippen LogP contribution in [0, 0.1) is 11.8 Å². The molecule has 0 spiro atoms. The number of rotatable bonds is 14. The first kappa shape index (κ1) is 23.0. The van der Waals surface area contributed by atoms with E-state index < -0.39 is 5.97 Å². The number of carboxylic acid groups (broad SMARTS) is 1. The van der Waals surface area contributed by atoms with Crippen LogP contribution in [-0.2, 0) is 19.7 Å². The summed E-state index contributed by atoms with van der Waals surface area (Å²) in [6.45, 7) is 4.66. The standard InChI is InChI=1S/C26H38O4/c1-2-3-4-12-17-29-19-22-23(15-10-5-6-11-16-25(27)28)26(18-24(22)30-20-26)21-13-8-7-9-14-21/h5,7-10,13-14,22-24H,2-4,6,11-12,15-20H2,1H3,(H,27,28)/t22-,23-,24-,26-/m1/s1. The van der Waals surface area contributed by atoms with Crippen LogP contribution in [0.1, 0.15) is 70.3 Å². The van der Waals surface area contributed by atoms with E-state index >= 15 is 0 Å². The first-order valence-electron chi connectivity index (χ1n) is 11.8. The Hall–Kier alpha value is -1.65. The van der Waals surface area contributed by atoms with Crippen molar-refractivity contribution in [1.82, 2.24) is 0 Å². The number of allylic oxidation sites excluding steroid dienone is 2. The molecule has 2 aliphatic rings. The Balaban J connectivity index is 1.62. The topological polar surface area (TPSA) is 55.8 Å². The number of ether oxygens (including phenoxy) is 2. The average Bonchev–Trinajstić information content (AvgIpc) is 3.32. The van der Waals surface area contributed by atoms with Gasteiger partial charge < -0.3 is 14.6 Å². The second-order valence-electron chi connectivity index (χ2n) is 8.97. The number of carboxylic acids is 1. The van der Waals surface area contributed by atoms with Crippen LogP contribution in [0.5, 0.6) is 0 Å². The quantitative estimate of drug-likeness (QED) is 0.311. The fraction of sp³-hybridized carbons (Fsp3) is 0.654. The predicted octanol–water partition coefficient (Wildman–Crippen LogP) is 5.76. The minimum Gasteiger partial charge on any atom is -0.481 e. The summed E-state index contributed by atoms with van der Waals surface area (Å²) in [5.41, 5.74) is 1.47. The van der Waals surface area contributed by atoms with Crippen LogP contribution >= 0.6 is 0 Å². The van der Waals surface area contributed by atoms with Gasteiger partial charge in [-0.1, -0.05) is 68.7 Å². The maximum absolute atomic E-state index is 10.7. The molecular weight excluding hydrogens is 376 g/mol. The van der Waals surface area contributed by atoms with E-state index in [1.54, 1.807) is 0 Å². The molecule has 3 rings (SSSR count). The molecule has 1 aliphatic heterocycles. The lowest BCUT2D eigenvalue weighted by Gasteiger charge is -2.39. The minimum absolute atomic E-state index is 0.0770. The Bertz CT molecular complexity index is 671. The predicted molar refractivity (Wildman–Crippen MR) is 120 cm³/mol. The van der Waals surface area contributed by atoms with E-state index in [9.17, 15) is 4.79 Å². The smallest absolute Gasteiger partial charge is 0.303 e. The SMILES string of the molecule is CCCCCCOC[C@@H]1[C@@H](CC=CCCCC(=O)O)[C@@]2(c3ccccc3)CO[C@@H]1C2. The molecule has 4 heteroatoms. The molecule has 4 atom stereocenters. The summed E-state index contributed by atoms with van der Waals surface area (Å²) >= 11 is 0. The minimum atomic E-state index is -0.715. The average molecular weight is 415 g/mol. The fourth-order valence-corrected chi connectivity index (χ4v) is 5.33. The Kier molecular flexibility index (Phi) is 8.95. The number of carbonyl (C=O) groups is 1. The van der Waals surface area contributed by atoms with E-state index in [1.165, 1.54) is 24.8 Å². The van der Waals surface area contributed by atoms with E-state index in [1.807, 2.05) is 0 Å². The zero-order valence-corrected chi connectivity index (χ0v) is 18.4. The Morgan fingerprint density at radius 3 is 2.80 bits per heavy atom. The molecule has 1 saturated heterocycles. The largest absolute Gasteiger partial charge is 0.481 e. The van der Waals surface area contributed by atoms with Crippen LogP contribution in [0.15, 0.2) is 42.5 Å². The summed E-state index contributed by atoms with van der Waals surface area (Å²) in [6, 6.07) is 10.9. The second-order valence-corrected chi connectivity index (χ2v) is 8.97. The zero-order valence-electron chi connectivity index (χ0n) is 18.4. The molecule has 0 aromatic heterocycles. The van der Waals surface area contributed by atoms with Gasteiger partial charge in [-0.05, 0) is 43.6 Å². The van der Waals surface area contributed by atoms with Gasteiger partial charge in [-0.3, -0.25) is 4.79 Å². The second kappa shape index (κ2) is 11.7. The molecule has 1 N–H and O–H groups in total. The van der Waals surface area contributed by atoms with Gasteiger partial charge >= 0.3 is 5.97 Å². The van der Waals surface area contributed by atoms with E-state index in [2.05, 4.69) is 49.4 Å². The third kappa shape index (κ3) is 5.73. The summed E-state index contributed by atoms with van der Waals surface area (Å²) in [4.78, 5) is 10.7. The summed E-state index contributed by atoms with van der Waals surface area (Å²) < 4.78 is 12.4. The molecule has 2 bridgehead atoms. The molecule has 2 fully saturated rings. The van der Waals surface area contributed by atoms with Crippen LogP contribution in [0.25, 0.3) is 0 Å². The highest BCUT2D eigenvalue weighted by atomic mass is 16.5. The Morgan fingerprint density at radius 1 is 1.20 bits per heavy atom. The van der Waals surface area contributed by atoms with E-state index in [0.717, 1.165) is 45.5 Å². The maximum atomic E-state index is 10.7. The molecule has 1 aliphatic carbocycles. The van der Waals surface area contributed by atoms with Crippen molar-refractivity contribution in [2.75, 3.05) is 19.8 Å². The van der Waals surface area contributed by atoms with E-state index in [-0.39, 0.29) is 17.9 Å². The third-order valence-electron chi connectivity index (χ3n) is 6.94. The number of fused-ring (bicyclic) bond motifs is 2. The van der Waals surface area contributed by atoms with Crippen molar-refractivity contribution in [3.63, 3.8) is 0 Å². The van der Waals surface area contributed by atoms with Gasteiger partial charge in [0.05, 0.1) is 19.3 Å². The monoisotopic (exact) mass is 414 g/mol. The number of hydrogen-bond acceptors (Lipinski definition) is 3. The van der Waals surface area contributed by atoms with Gasteiger partial charge in [0.2, 0.25) is 0 Å². The number of hydrogen-bond donors (Lipinski definition) is 1. The Morgan fingerprint density at radius 2 is 2.03 bits per heavy atom. The molecular formula is C26H38O4. The van der Waals surface area contributed by atoms with Crippen molar-refractivity contribution < 1.29 is 19.4 Å². The van der Waals surface area contributed by atoms with Gasteiger partial charge in [0, 0.05) is 24.4 Å². The van der Waals surface area contributed by atoms with Gasteiger partial charge in [-0.25, -0.2) is 0 Å². The molecule has 4 nitrogen and oxygen atoms in total. The summed E-state index contributed by atoms with van der Waals surface area (Å²) in [6.07, 6.45) is 13.5. The van der Waals surface area contributed by atoms with Gasteiger partial charge in [-0.15, -0.1) is 0 Å². The van der Waals surface area contributed by atoms with Crippen LogP contribution in [0.2, 0.25) is 0 Å². The lowest BCUT2D eigenvalue weighted by atomic mass is 9.69. The van der Waals surface area contributed by atoms with Gasteiger partial charge in [-0.2, -0.15) is 0 Å². The van der Waals surface area contributed by atoms with Crippen LogP contribution in [0.3, 0.4) is 0 Å². The van der Waals surface area contributed by atoms with Crippen molar-refractivity contribution in [3.8, 4) is 0 Å². The first-order chi connectivity index (χ1) is 14.7. The van der Waals surface area contributed by atoms with Crippen LogP contribution in [0.4, 0.5) is 0 Å². The molecule has 1 aromatic carbocycles. The molecule has 1 heterocycles. The highest BCUT2D eigenvalue weighted by Crippen LogP contribution is 2.56. The van der Waals surface area contributed by atoms with Gasteiger partial charge in [0.25, 0.3) is 0 Å². The normalized spacial score (nSPS) is 27.8. The van der Waals surface area contributed by atoms with Crippen LogP contribution in [-0.4, -0.2) is 37.0 Å². The lowest BCUT2D eigenvalue weighted by Crippen LogP contribution is -2.41. The van der Waals surface area contributed by atoms with Crippen LogP contribution < -0.4 is 0 Å². The van der Waals surface area contributed by atoms with Crippen molar-refractivity contribution in [2.45, 2.75) is 76.2 Å². The number of aliphatic carboxylic acids is 1. The summed E-state index contributed by atoms with van der Waals surface area (Å²) in [5.74, 6) is 0.214. The third-order valence-corrected chi connectivity index (χ3v) is 6.94. The molecule has 1 aromatic rings. The fourth-order valence-electron chi connectivity index (χ4n) is 5.33. The highest BCUT2D eigenvalue weighted by Gasteiger charge is 2.58. The molecule has 1 saturated carbocycles. The Labute approximate surface area is 181 Å². The summed E-state index contributed by atoms with van der Waals surface area (Å²) in [5, 5.41) is 8.81. The van der Waals surface area contributed by atoms with Crippen molar-refractivity contribution >= 4 is 5.97 Å². The number of unbranched alkanes of at least 4 members (excludes halogenated alkanes) is 4. The lowest BCUT2D eigenvalue weighted by molar-refractivity contribution is -0.137. The van der Waals surface area contributed by atoms with Crippen molar-refractivity contribution in [1.29, 1.82) is 0 Å². The van der Waals surface area contributed by atoms with Gasteiger partial charge in [0.15, 0.2) is 0 Å². The van der Waals surface area contributed by atoms with Gasteiger partial charge in [0.1, 0.15) is 0 Å². The maximum Gasteiger partial charge on any atom is 0.303 e. The van der Waals surface area contributed by atoms with E-state index in [4.69, 9.17) is 14.6 Å². The van der Waals surface area contributed by atoms with E-state index in [0.29, 0.717) is 18.3 Å². The van der Waals surface area contributed by atoms with Crippen molar-refractivity contribution in [2.24, 2.45) is 11.8 Å². The summed E-state index contributed by atoms with van der Waals surface area (Å²) in [7, 11) is 0. The molecule has 0 unspecified atom stereocenters. The molecule has 166 valence electrons. The zero-order chi connectivity index (χ0) is 21.2. The van der Waals surface area contributed by atoms with Crippen molar-refractivity contribution in [3.05, 3.63) is 48.0 Å². The molecule has 0 radical (unpaired) electrons. The molecule has 0 amide bonds. The highest BCUT2D eigenvalue weighted by molar-refractivity contribution is 5.66. The molecule has 30 heavy (non-hydrogen) atoms. The number of benzene rings is 1. The first-order valence-corrected chi connectivity index (χ1v) is 11.8.